The monoisotopic (exact) mass is 428 g/mol. The number of H-pyrrole nitrogens is 1. The van der Waals surface area contributed by atoms with Gasteiger partial charge in [0.1, 0.15) is 11.5 Å². The molecule has 3 rings (SSSR count). The average molecular weight is 428 g/mol. The summed E-state index contributed by atoms with van der Waals surface area (Å²) in [6.45, 7) is 5.77. The number of aryl methyl sites for hydroxylation is 1. The van der Waals surface area contributed by atoms with Gasteiger partial charge >= 0.3 is 13.3 Å². The van der Waals surface area contributed by atoms with Crippen LogP contribution in [0.25, 0.3) is 0 Å². The van der Waals surface area contributed by atoms with Crippen molar-refractivity contribution in [3.8, 4) is 0 Å². The molecular weight excluding hydrogens is 403 g/mol. The fourth-order valence-corrected chi connectivity index (χ4v) is 5.15. The van der Waals surface area contributed by atoms with E-state index < -0.39 is 30.9 Å². The lowest BCUT2D eigenvalue weighted by Gasteiger charge is -2.25. The van der Waals surface area contributed by atoms with Gasteiger partial charge < -0.3 is 9.05 Å². The summed E-state index contributed by atoms with van der Waals surface area (Å²) >= 11 is 0. The Balaban J connectivity index is 1.76. The summed E-state index contributed by atoms with van der Waals surface area (Å²) in [5, 5.41) is 9.59. The minimum atomic E-state index is -3.39. The third-order valence-electron chi connectivity index (χ3n) is 4.48. The SMILES string of the molecule is CCOP(=O)(OCC)[C@@H]1C[C@@H](n2cc(Cn3cc(C)c(=O)[nH]c3=O)nn2)ON1C. The number of hydroxylamine groups is 2. The fourth-order valence-electron chi connectivity index (χ4n) is 3.12. The normalized spacial score (nSPS) is 20.4. The summed E-state index contributed by atoms with van der Waals surface area (Å²) in [7, 11) is -1.72. The van der Waals surface area contributed by atoms with Gasteiger partial charge in [-0.15, -0.1) is 5.10 Å². The Kier molecular flexibility index (Phi) is 6.49. The maximum atomic E-state index is 13.1. The van der Waals surface area contributed by atoms with E-state index in [1.165, 1.54) is 20.5 Å². The first kappa shape index (κ1) is 21.6. The minimum Gasteiger partial charge on any atom is -0.308 e. The quantitative estimate of drug-likeness (QED) is 0.607. The third kappa shape index (κ3) is 4.57. The maximum absolute atomic E-state index is 13.1. The molecule has 0 radical (unpaired) electrons. The van der Waals surface area contributed by atoms with Gasteiger partial charge in [0.25, 0.3) is 5.56 Å². The van der Waals surface area contributed by atoms with E-state index in [0.717, 1.165) is 0 Å². The highest BCUT2D eigenvalue weighted by Gasteiger charge is 2.46. The van der Waals surface area contributed by atoms with Crippen molar-refractivity contribution in [1.29, 1.82) is 0 Å². The van der Waals surface area contributed by atoms with Gasteiger partial charge in [0.2, 0.25) is 0 Å². The number of hydrogen-bond donors (Lipinski definition) is 1. The smallest absolute Gasteiger partial charge is 0.308 e. The van der Waals surface area contributed by atoms with Crippen LogP contribution in [0.4, 0.5) is 0 Å². The fraction of sp³-hybridized carbons (Fsp3) is 0.625. The van der Waals surface area contributed by atoms with Gasteiger partial charge in [0.05, 0.1) is 26.0 Å². The Hall–Kier alpha value is -2.11. The first-order chi connectivity index (χ1) is 13.8. The van der Waals surface area contributed by atoms with E-state index in [1.54, 1.807) is 34.0 Å². The summed E-state index contributed by atoms with van der Waals surface area (Å²) in [5.74, 6) is -0.579. The molecule has 3 heterocycles. The molecule has 12 nitrogen and oxygen atoms in total. The molecule has 1 aliphatic rings. The van der Waals surface area contributed by atoms with Crippen molar-refractivity contribution in [1.82, 2.24) is 29.6 Å². The largest absolute Gasteiger partial charge is 0.350 e. The van der Waals surface area contributed by atoms with Crippen LogP contribution in [0, 0.1) is 6.92 Å². The van der Waals surface area contributed by atoms with E-state index in [0.29, 0.717) is 17.7 Å². The first-order valence-electron chi connectivity index (χ1n) is 9.26. The van der Waals surface area contributed by atoms with E-state index in [-0.39, 0.29) is 19.8 Å². The van der Waals surface area contributed by atoms with Gasteiger partial charge in [0, 0.05) is 25.2 Å². The van der Waals surface area contributed by atoms with E-state index in [1.807, 2.05) is 0 Å². The van der Waals surface area contributed by atoms with Crippen molar-refractivity contribution >= 4 is 7.60 Å². The Morgan fingerprint density at radius 3 is 2.62 bits per heavy atom. The molecule has 0 saturated carbocycles. The van der Waals surface area contributed by atoms with Crippen molar-refractivity contribution in [2.75, 3.05) is 20.3 Å². The van der Waals surface area contributed by atoms with Crippen LogP contribution in [-0.4, -0.2) is 55.7 Å². The lowest BCUT2D eigenvalue weighted by Crippen LogP contribution is -2.31. The zero-order valence-electron chi connectivity index (χ0n) is 16.8. The zero-order valence-corrected chi connectivity index (χ0v) is 17.7. The molecule has 0 spiro atoms. The molecule has 0 aliphatic carbocycles. The molecule has 2 aromatic rings. The third-order valence-corrected chi connectivity index (χ3v) is 6.98. The highest BCUT2D eigenvalue weighted by Crippen LogP contribution is 2.58. The second kappa shape index (κ2) is 8.72. The van der Waals surface area contributed by atoms with Crippen molar-refractivity contribution in [3.63, 3.8) is 0 Å². The van der Waals surface area contributed by atoms with Gasteiger partial charge in [-0.1, -0.05) is 5.21 Å². The minimum absolute atomic E-state index is 0.138. The van der Waals surface area contributed by atoms with Crippen LogP contribution >= 0.6 is 7.60 Å². The van der Waals surface area contributed by atoms with Crippen LogP contribution in [0.15, 0.2) is 22.0 Å². The lowest BCUT2D eigenvalue weighted by molar-refractivity contribution is -0.162. The van der Waals surface area contributed by atoms with Crippen molar-refractivity contribution in [3.05, 3.63) is 44.5 Å². The first-order valence-corrected chi connectivity index (χ1v) is 10.9. The Bertz CT molecular complexity index is 1010. The van der Waals surface area contributed by atoms with Gasteiger partial charge in [0.15, 0.2) is 6.23 Å². The number of nitrogens with one attached hydrogen (secondary N) is 1. The van der Waals surface area contributed by atoms with Crippen LogP contribution in [0.1, 0.15) is 37.8 Å². The molecular formula is C16H25N6O6P. The molecule has 2 aromatic heterocycles. The average Bonchev–Trinajstić information content (AvgIpc) is 3.27. The zero-order chi connectivity index (χ0) is 21.2. The standard InChI is InChI=1S/C16H25N6O6P/c1-5-26-29(25,27-6-2)14-7-13(28-20(14)4)22-10-12(18-19-22)9-21-8-11(3)15(23)17-16(21)24/h8,10,13-14H,5-7,9H2,1-4H3,(H,17,23,24)/t13-,14+/m0/s1. The highest BCUT2D eigenvalue weighted by molar-refractivity contribution is 7.54. The summed E-state index contributed by atoms with van der Waals surface area (Å²) in [6.07, 6.45) is 2.89. The number of aromatic nitrogens is 5. The van der Waals surface area contributed by atoms with Crippen LogP contribution in [0.2, 0.25) is 0 Å². The van der Waals surface area contributed by atoms with Crippen molar-refractivity contribution < 1.29 is 18.5 Å². The van der Waals surface area contributed by atoms with Crippen LogP contribution < -0.4 is 11.2 Å². The topological polar surface area (TPSA) is 134 Å². The van der Waals surface area contributed by atoms with E-state index in [2.05, 4.69) is 15.3 Å². The summed E-state index contributed by atoms with van der Waals surface area (Å²) in [6, 6.07) is 0. The lowest BCUT2D eigenvalue weighted by atomic mass is 10.3. The van der Waals surface area contributed by atoms with Gasteiger partial charge in [-0.05, 0) is 20.8 Å². The molecule has 29 heavy (non-hydrogen) atoms. The molecule has 0 unspecified atom stereocenters. The number of aromatic amines is 1. The van der Waals surface area contributed by atoms with Crippen molar-refractivity contribution in [2.45, 2.75) is 45.7 Å². The summed E-state index contributed by atoms with van der Waals surface area (Å²) in [5.41, 5.74) is -0.0213. The highest BCUT2D eigenvalue weighted by atomic mass is 31.2. The van der Waals surface area contributed by atoms with E-state index >= 15 is 0 Å². The number of rotatable bonds is 8. The predicted octanol–water partition coefficient (Wildman–Crippen LogP) is 0.843. The number of hydrogen-bond acceptors (Lipinski definition) is 9. The molecule has 1 fully saturated rings. The van der Waals surface area contributed by atoms with Crippen molar-refractivity contribution in [2.24, 2.45) is 0 Å². The van der Waals surface area contributed by atoms with Gasteiger partial charge in [-0.25, -0.2) is 9.48 Å². The summed E-state index contributed by atoms with van der Waals surface area (Å²) in [4.78, 5) is 31.4. The molecule has 1 saturated heterocycles. The molecule has 160 valence electrons. The van der Waals surface area contributed by atoms with Crippen LogP contribution in [0.5, 0.6) is 0 Å². The number of nitrogens with zero attached hydrogens (tertiary/aromatic N) is 5. The molecule has 1 aliphatic heterocycles. The molecule has 2 atom stereocenters. The summed E-state index contributed by atoms with van der Waals surface area (Å²) < 4.78 is 26.8. The second-order valence-electron chi connectivity index (χ2n) is 6.59. The predicted molar refractivity (Wildman–Crippen MR) is 102 cm³/mol. The van der Waals surface area contributed by atoms with E-state index in [9.17, 15) is 14.2 Å². The molecule has 0 bridgehead atoms. The van der Waals surface area contributed by atoms with E-state index in [4.69, 9.17) is 13.9 Å². The Labute approximate surface area is 166 Å². The van der Waals surface area contributed by atoms with Crippen LogP contribution in [-0.2, 0) is 25.0 Å². The molecule has 1 N–H and O–H groups in total. The molecule has 0 aromatic carbocycles. The molecule has 0 amide bonds. The van der Waals surface area contributed by atoms with Crippen LogP contribution in [0.3, 0.4) is 0 Å². The molecule has 13 heteroatoms. The Morgan fingerprint density at radius 1 is 1.28 bits per heavy atom. The second-order valence-corrected chi connectivity index (χ2v) is 8.78. The maximum Gasteiger partial charge on any atom is 0.350 e. The van der Waals surface area contributed by atoms with Gasteiger partial charge in [-0.2, -0.15) is 5.06 Å². The Morgan fingerprint density at radius 2 is 1.97 bits per heavy atom. The van der Waals surface area contributed by atoms with Gasteiger partial charge in [-0.3, -0.25) is 23.7 Å².